The number of esters is 1. The molecule has 0 aliphatic carbocycles. The maximum Gasteiger partial charge on any atom is 0.308 e. The molecular weight excluding hydrogens is 630 g/mol. The number of nitrogens with zero attached hydrogens (tertiary/aromatic N) is 1. The minimum Gasteiger partial charge on any atom is -0.462 e. The number of likely N-dealkylation sites (N-methyl/N-ethyl adjacent to an activating group) is 1. The second kappa shape index (κ2) is 19.6. The van der Waals surface area contributed by atoms with Crippen molar-refractivity contribution in [2.24, 2.45) is 23.7 Å². The number of carbonyl (C=O) groups excluding carboxylic acids is 3. The Labute approximate surface area is 291 Å². The van der Waals surface area contributed by atoms with Crippen LogP contribution in [0, 0.1) is 23.7 Å². The highest BCUT2D eigenvalue weighted by atomic mass is 16.7. The molecule has 3 rings (SSSR count). The maximum atomic E-state index is 13.4. The fourth-order valence-electron chi connectivity index (χ4n) is 6.80. The zero-order chi connectivity index (χ0) is 36.2. The van der Waals surface area contributed by atoms with E-state index < -0.39 is 72.7 Å². The highest BCUT2D eigenvalue weighted by Crippen LogP contribution is 2.34. The van der Waals surface area contributed by atoms with E-state index in [1.165, 1.54) is 6.08 Å². The van der Waals surface area contributed by atoms with Gasteiger partial charge >= 0.3 is 5.97 Å². The lowest BCUT2D eigenvalue weighted by molar-refractivity contribution is -0.304. The number of cyclic esters (lactones) is 1. The van der Waals surface area contributed by atoms with E-state index in [0.717, 1.165) is 17.4 Å². The minimum absolute atomic E-state index is 0.00705. The fraction of sp³-hybridized carbons (Fsp3) is 0.658. The molecular formula is C38H57NO10. The summed E-state index contributed by atoms with van der Waals surface area (Å²) in [6, 6.07) is 9.04. The monoisotopic (exact) mass is 687 g/mol. The Balaban J connectivity index is 1.94. The number of ether oxygens (including phenoxy) is 4. The summed E-state index contributed by atoms with van der Waals surface area (Å²) in [5.41, 5.74) is 1.81. The summed E-state index contributed by atoms with van der Waals surface area (Å²) in [6.45, 7) is 9.59. The SMILES string of the molecule is CCC1OC(=O)CC(O)C(C)C(O[C@@H]2O[C@H](C)[C@@H](O)[C@H](N(C)C)[C@H]2O)C(CC=O)CC(C)C(=O)/C=C/C(C)=C/C1COCc1ccccc1. The highest BCUT2D eigenvalue weighted by Gasteiger charge is 2.47. The smallest absolute Gasteiger partial charge is 0.308 e. The molecule has 0 aromatic heterocycles. The van der Waals surface area contributed by atoms with E-state index in [4.69, 9.17) is 18.9 Å². The van der Waals surface area contributed by atoms with Gasteiger partial charge in [-0.3, -0.25) is 9.59 Å². The first-order chi connectivity index (χ1) is 23.3. The Hall–Kier alpha value is -2.77. The van der Waals surface area contributed by atoms with E-state index >= 15 is 0 Å². The summed E-state index contributed by atoms with van der Waals surface area (Å²) >= 11 is 0. The molecule has 12 atom stereocenters. The lowest BCUT2D eigenvalue weighted by Crippen LogP contribution is -2.63. The zero-order valence-electron chi connectivity index (χ0n) is 30.0. The number of rotatable bonds is 10. The van der Waals surface area contributed by atoms with Gasteiger partial charge < -0.3 is 44.0 Å². The second-order valence-corrected chi connectivity index (χ2v) is 13.9. The molecule has 2 aliphatic heterocycles. The third-order valence-electron chi connectivity index (χ3n) is 9.77. The van der Waals surface area contributed by atoms with Gasteiger partial charge in [0.1, 0.15) is 18.5 Å². The van der Waals surface area contributed by atoms with Gasteiger partial charge in [0.15, 0.2) is 12.1 Å². The van der Waals surface area contributed by atoms with Crippen LogP contribution < -0.4 is 0 Å². The number of benzene rings is 1. The van der Waals surface area contributed by atoms with E-state index in [2.05, 4.69) is 0 Å². The van der Waals surface area contributed by atoms with Crippen molar-refractivity contribution >= 4 is 18.0 Å². The highest BCUT2D eigenvalue weighted by molar-refractivity contribution is 5.91. The number of hydrogen-bond acceptors (Lipinski definition) is 11. The number of aliphatic hydroxyl groups is 3. The summed E-state index contributed by atoms with van der Waals surface area (Å²) in [6.07, 6.45) is -0.557. The van der Waals surface area contributed by atoms with Crippen molar-refractivity contribution in [1.82, 2.24) is 4.90 Å². The van der Waals surface area contributed by atoms with Crippen molar-refractivity contribution in [2.75, 3.05) is 20.7 Å². The number of hydrogen-bond donors (Lipinski definition) is 3. The number of aldehydes is 1. The molecule has 0 bridgehead atoms. The Morgan fingerprint density at radius 3 is 2.35 bits per heavy atom. The number of allylic oxidation sites excluding steroid dienone is 3. The van der Waals surface area contributed by atoms with Crippen molar-refractivity contribution in [1.29, 1.82) is 0 Å². The summed E-state index contributed by atoms with van der Waals surface area (Å²) in [4.78, 5) is 40.4. The van der Waals surface area contributed by atoms with Crippen LogP contribution in [-0.4, -0.2) is 108 Å². The summed E-state index contributed by atoms with van der Waals surface area (Å²) in [5.74, 6) is -2.89. The van der Waals surface area contributed by atoms with Gasteiger partial charge in [-0.15, -0.1) is 0 Å². The molecule has 0 radical (unpaired) electrons. The van der Waals surface area contributed by atoms with Gasteiger partial charge in [0.05, 0.1) is 50.1 Å². The topological polar surface area (TPSA) is 152 Å². The van der Waals surface area contributed by atoms with Gasteiger partial charge in [0.2, 0.25) is 0 Å². The molecule has 1 aromatic carbocycles. The molecule has 1 saturated heterocycles. The van der Waals surface area contributed by atoms with Gasteiger partial charge in [-0.25, -0.2) is 0 Å². The molecule has 11 nitrogen and oxygen atoms in total. The lowest BCUT2D eigenvalue weighted by atomic mass is 9.79. The van der Waals surface area contributed by atoms with Gasteiger partial charge in [0, 0.05) is 24.2 Å². The predicted molar refractivity (Wildman–Crippen MR) is 184 cm³/mol. The summed E-state index contributed by atoms with van der Waals surface area (Å²) in [5, 5.41) is 33.4. The summed E-state index contributed by atoms with van der Waals surface area (Å²) in [7, 11) is 3.46. The first kappa shape index (κ1) is 40.7. The Kier molecular flexibility index (Phi) is 16.2. The Bertz CT molecular complexity index is 1250. The third-order valence-corrected chi connectivity index (χ3v) is 9.77. The van der Waals surface area contributed by atoms with Crippen LogP contribution in [0.25, 0.3) is 0 Å². The van der Waals surface area contributed by atoms with Crippen LogP contribution in [0.5, 0.6) is 0 Å². The maximum absolute atomic E-state index is 13.4. The van der Waals surface area contributed by atoms with Gasteiger partial charge in [0.25, 0.3) is 0 Å². The average Bonchev–Trinajstić information content (AvgIpc) is 3.06. The van der Waals surface area contributed by atoms with Crippen molar-refractivity contribution < 1.29 is 48.7 Å². The molecule has 11 heteroatoms. The summed E-state index contributed by atoms with van der Waals surface area (Å²) < 4.78 is 24.4. The van der Waals surface area contributed by atoms with Crippen LogP contribution in [0.15, 0.2) is 54.1 Å². The molecule has 7 unspecified atom stereocenters. The van der Waals surface area contributed by atoms with Gasteiger partial charge in [-0.2, -0.15) is 0 Å². The number of ketones is 1. The van der Waals surface area contributed by atoms with E-state index in [9.17, 15) is 29.7 Å². The van der Waals surface area contributed by atoms with Crippen LogP contribution in [-0.2, 0) is 39.9 Å². The molecule has 0 amide bonds. The molecule has 274 valence electrons. The Morgan fingerprint density at radius 2 is 1.71 bits per heavy atom. The predicted octanol–water partition coefficient (Wildman–Crippen LogP) is 3.63. The standard InChI is InChI=1S/C38H57NO10/c1-8-32-29(22-46-21-27-12-10-9-11-13-27)18-23(2)14-15-30(41)24(3)19-28(16-17-40)37(25(4)31(42)20-33(43)48-32)49-38-36(45)34(39(6)7)35(44)26(5)47-38/h9-15,17-18,24-26,28-29,31-32,34-38,42,44-45H,8,16,19-22H2,1-7H3/b15-14+,23-18+/t24?,25?,26-,28?,29?,31?,32?,34+,35-,36-,37?,38+/m1/s1. The van der Waals surface area contributed by atoms with Gasteiger partial charge in [-0.05, 0) is 58.3 Å². The van der Waals surface area contributed by atoms with Crippen LogP contribution in [0.3, 0.4) is 0 Å². The normalized spacial score (nSPS) is 37.2. The quantitative estimate of drug-likeness (QED) is 0.244. The Morgan fingerprint density at radius 1 is 1.02 bits per heavy atom. The molecule has 0 spiro atoms. The molecule has 0 saturated carbocycles. The van der Waals surface area contributed by atoms with Crippen LogP contribution >= 0.6 is 0 Å². The molecule has 1 fully saturated rings. The lowest BCUT2D eigenvalue weighted by Gasteiger charge is -2.46. The zero-order valence-corrected chi connectivity index (χ0v) is 30.0. The minimum atomic E-state index is -1.27. The molecule has 49 heavy (non-hydrogen) atoms. The van der Waals surface area contributed by atoms with E-state index in [0.29, 0.717) is 13.0 Å². The van der Waals surface area contributed by atoms with Gasteiger partial charge in [-0.1, -0.05) is 68.8 Å². The molecule has 3 N–H and O–H groups in total. The largest absolute Gasteiger partial charge is 0.462 e. The molecule has 1 aromatic rings. The van der Waals surface area contributed by atoms with Crippen molar-refractivity contribution in [2.45, 2.75) is 116 Å². The van der Waals surface area contributed by atoms with E-state index in [1.807, 2.05) is 50.3 Å². The van der Waals surface area contributed by atoms with Crippen molar-refractivity contribution in [3.05, 3.63) is 59.7 Å². The first-order valence-electron chi connectivity index (χ1n) is 17.4. The fourth-order valence-corrected chi connectivity index (χ4v) is 6.80. The first-order valence-corrected chi connectivity index (χ1v) is 17.4. The molecule has 2 aliphatic rings. The third kappa shape index (κ3) is 11.6. The van der Waals surface area contributed by atoms with E-state index in [1.54, 1.807) is 45.8 Å². The number of carbonyl (C=O) groups is 3. The van der Waals surface area contributed by atoms with Crippen LogP contribution in [0.1, 0.15) is 65.9 Å². The van der Waals surface area contributed by atoms with E-state index in [-0.39, 0.29) is 37.6 Å². The molecule has 2 heterocycles. The second-order valence-electron chi connectivity index (χ2n) is 13.9. The average molecular weight is 688 g/mol. The van der Waals surface area contributed by atoms with Crippen LogP contribution in [0.4, 0.5) is 0 Å². The van der Waals surface area contributed by atoms with Crippen LogP contribution in [0.2, 0.25) is 0 Å². The number of aliphatic hydroxyl groups excluding tert-OH is 3. The van der Waals surface area contributed by atoms with Crippen molar-refractivity contribution in [3.8, 4) is 0 Å². The van der Waals surface area contributed by atoms with Crippen molar-refractivity contribution in [3.63, 3.8) is 0 Å².